The van der Waals surface area contributed by atoms with Crippen LogP contribution in [0.1, 0.15) is 25.3 Å². The van der Waals surface area contributed by atoms with Gasteiger partial charge in [0.2, 0.25) is 0 Å². The molecule has 2 rings (SSSR count). The second-order valence-electron chi connectivity index (χ2n) is 5.35. The zero-order chi connectivity index (χ0) is 15.3. The van der Waals surface area contributed by atoms with Gasteiger partial charge < -0.3 is 10.8 Å². The number of benzene rings is 1. The van der Waals surface area contributed by atoms with E-state index in [1.54, 1.807) is 10.9 Å². The van der Waals surface area contributed by atoms with Crippen molar-refractivity contribution in [2.45, 2.75) is 26.2 Å². The molecule has 0 saturated heterocycles. The van der Waals surface area contributed by atoms with Crippen LogP contribution in [0.5, 0.6) is 0 Å². The summed E-state index contributed by atoms with van der Waals surface area (Å²) in [6, 6.07) is 9.73. The molecular formula is C16H21N3O2. The lowest BCUT2D eigenvalue weighted by Crippen LogP contribution is -2.40. The summed E-state index contributed by atoms with van der Waals surface area (Å²) in [6.45, 7) is 2.10. The summed E-state index contributed by atoms with van der Waals surface area (Å²) >= 11 is 0. The van der Waals surface area contributed by atoms with Gasteiger partial charge >= 0.3 is 5.97 Å². The fourth-order valence-corrected chi connectivity index (χ4v) is 2.58. The van der Waals surface area contributed by atoms with E-state index in [1.807, 2.05) is 43.5 Å². The maximum absolute atomic E-state index is 11.6. The van der Waals surface area contributed by atoms with Crippen molar-refractivity contribution >= 4 is 5.97 Å². The Labute approximate surface area is 124 Å². The van der Waals surface area contributed by atoms with Gasteiger partial charge in [-0.2, -0.15) is 5.10 Å². The van der Waals surface area contributed by atoms with E-state index in [0.29, 0.717) is 12.8 Å². The van der Waals surface area contributed by atoms with Crippen molar-refractivity contribution in [3.63, 3.8) is 0 Å². The number of carbonyl (C=O) groups is 1. The number of hydrogen-bond donors (Lipinski definition) is 2. The monoisotopic (exact) mass is 287 g/mol. The van der Waals surface area contributed by atoms with Gasteiger partial charge in [-0.25, -0.2) is 4.68 Å². The van der Waals surface area contributed by atoms with Crippen molar-refractivity contribution in [1.29, 1.82) is 0 Å². The van der Waals surface area contributed by atoms with Crippen LogP contribution in [-0.4, -0.2) is 27.4 Å². The number of nitrogens with zero attached hydrogens (tertiary/aromatic N) is 2. The number of para-hydroxylation sites is 1. The van der Waals surface area contributed by atoms with E-state index in [2.05, 4.69) is 5.10 Å². The number of aliphatic carboxylic acids is 1. The number of carboxylic acids is 1. The molecule has 21 heavy (non-hydrogen) atoms. The highest BCUT2D eigenvalue weighted by molar-refractivity contribution is 5.75. The molecule has 0 amide bonds. The van der Waals surface area contributed by atoms with Crippen LogP contribution in [0.4, 0.5) is 0 Å². The number of rotatable bonds is 7. The predicted octanol–water partition coefficient (Wildman–Crippen LogP) is 2.24. The molecule has 1 aromatic carbocycles. The third kappa shape index (κ3) is 3.31. The molecule has 2 aromatic rings. The van der Waals surface area contributed by atoms with E-state index >= 15 is 0 Å². The Balaban J connectivity index is 2.23. The van der Waals surface area contributed by atoms with Crippen molar-refractivity contribution in [3.05, 3.63) is 48.3 Å². The summed E-state index contributed by atoms with van der Waals surface area (Å²) in [7, 11) is 0. The van der Waals surface area contributed by atoms with Crippen molar-refractivity contribution < 1.29 is 9.90 Å². The minimum atomic E-state index is -0.903. The van der Waals surface area contributed by atoms with Crippen molar-refractivity contribution in [1.82, 2.24) is 9.78 Å². The Morgan fingerprint density at radius 3 is 2.67 bits per heavy atom. The molecular weight excluding hydrogens is 266 g/mol. The summed E-state index contributed by atoms with van der Waals surface area (Å²) in [5.41, 5.74) is 6.69. The summed E-state index contributed by atoms with van der Waals surface area (Å²) in [6.07, 6.45) is 5.35. The van der Waals surface area contributed by atoms with Crippen LogP contribution < -0.4 is 5.73 Å². The Morgan fingerprint density at radius 1 is 1.38 bits per heavy atom. The van der Waals surface area contributed by atoms with E-state index in [-0.39, 0.29) is 6.54 Å². The maximum atomic E-state index is 11.6. The molecule has 1 aromatic heterocycles. The second-order valence-corrected chi connectivity index (χ2v) is 5.35. The minimum Gasteiger partial charge on any atom is -0.481 e. The largest absolute Gasteiger partial charge is 0.481 e. The van der Waals surface area contributed by atoms with E-state index in [0.717, 1.165) is 17.7 Å². The summed E-state index contributed by atoms with van der Waals surface area (Å²) in [5, 5.41) is 13.8. The zero-order valence-corrected chi connectivity index (χ0v) is 12.2. The summed E-state index contributed by atoms with van der Waals surface area (Å²) in [4.78, 5) is 11.6. The fourth-order valence-electron chi connectivity index (χ4n) is 2.58. The summed E-state index contributed by atoms with van der Waals surface area (Å²) < 4.78 is 1.75. The maximum Gasteiger partial charge on any atom is 0.311 e. The molecule has 0 fully saturated rings. The van der Waals surface area contributed by atoms with Gasteiger partial charge in [0, 0.05) is 12.7 Å². The molecule has 0 saturated carbocycles. The minimum absolute atomic E-state index is 0.132. The van der Waals surface area contributed by atoms with Crippen LogP contribution in [0, 0.1) is 5.41 Å². The lowest BCUT2D eigenvalue weighted by atomic mass is 9.78. The first-order valence-electron chi connectivity index (χ1n) is 7.14. The van der Waals surface area contributed by atoms with E-state index in [4.69, 9.17) is 5.73 Å². The number of nitrogens with two attached hydrogens (primary N) is 1. The Morgan fingerprint density at radius 2 is 2.10 bits per heavy atom. The van der Waals surface area contributed by atoms with E-state index < -0.39 is 11.4 Å². The normalized spacial score (nSPS) is 13.8. The zero-order valence-electron chi connectivity index (χ0n) is 12.2. The molecule has 0 aliphatic rings. The van der Waals surface area contributed by atoms with Crippen LogP contribution in [0.3, 0.4) is 0 Å². The molecule has 1 unspecified atom stereocenters. The molecule has 0 aliphatic heterocycles. The molecule has 0 radical (unpaired) electrons. The van der Waals surface area contributed by atoms with Gasteiger partial charge in [-0.1, -0.05) is 31.5 Å². The van der Waals surface area contributed by atoms with E-state index in [1.165, 1.54) is 0 Å². The first-order valence-corrected chi connectivity index (χ1v) is 7.14. The van der Waals surface area contributed by atoms with Gasteiger partial charge in [0.15, 0.2) is 0 Å². The molecule has 5 nitrogen and oxygen atoms in total. The first-order chi connectivity index (χ1) is 10.1. The molecule has 1 heterocycles. The van der Waals surface area contributed by atoms with Gasteiger partial charge in [-0.05, 0) is 30.5 Å². The third-order valence-electron chi connectivity index (χ3n) is 3.77. The standard InChI is InChI=1S/C16H21N3O2/c1-2-8-16(12-17,15(20)21)9-13-10-18-19(11-13)14-6-4-3-5-7-14/h3-7,10-11H,2,8-9,12,17H2,1H3,(H,20,21). The van der Waals surface area contributed by atoms with Crippen LogP contribution in [0.2, 0.25) is 0 Å². The highest BCUT2D eigenvalue weighted by Gasteiger charge is 2.36. The Bertz CT molecular complexity index is 595. The molecule has 0 aliphatic carbocycles. The molecule has 0 bridgehead atoms. The van der Waals surface area contributed by atoms with Gasteiger partial charge in [-0.15, -0.1) is 0 Å². The van der Waals surface area contributed by atoms with Gasteiger partial charge in [0.05, 0.1) is 17.3 Å². The highest BCUT2D eigenvalue weighted by atomic mass is 16.4. The van der Waals surface area contributed by atoms with Gasteiger partial charge in [0.25, 0.3) is 0 Å². The van der Waals surface area contributed by atoms with Crippen LogP contribution in [0.25, 0.3) is 5.69 Å². The molecule has 1 atom stereocenters. The van der Waals surface area contributed by atoms with E-state index in [9.17, 15) is 9.90 Å². The lowest BCUT2D eigenvalue weighted by molar-refractivity contribution is -0.148. The SMILES string of the molecule is CCCC(CN)(Cc1cnn(-c2ccccc2)c1)C(=O)O. The number of carboxylic acid groups (broad SMARTS) is 1. The fraction of sp³-hybridized carbons (Fsp3) is 0.375. The molecule has 3 N–H and O–H groups in total. The highest BCUT2D eigenvalue weighted by Crippen LogP contribution is 2.28. The topological polar surface area (TPSA) is 81.1 Å². The Hall–Kier alpha value is -2.14. The van der Waals surface area contributed by atoms with Crippen molar-refractivity contribution in [3.8, 4) is 5.69 Å². The first kappa shape index (κ1) is 15.3. The third-order valence-corrected chi connectivity index (χ3v) is 3.77. The summed E-state index contributed by atoms with van der Waals surface area (Å²) in [5.74, 6) is -0.834. The van der Waals surface area contributed by atoms with Crippen molar-refractivity contribution in [2.75, 3.05) is 6.54 Å². The second kappa shape index (κ2) is 6.54. The predicted molar refractivity (Wildman–Crippen MR) is 81.3 cm³/mol. The molecule has 5 heteroatoms. The average Bonchev–Trinajstić information content (AvgIpc) is 2.96. The average molecular weight is 287 g/mol. The lowest BCUT2D eigenvalue weighted by Gasteiger charge is -2.26. The van der Waals surface area contributed by atoms with Gasteiger partial charge in [-0.3, -0.25) is 4.79 Å². The van der Waals surface area contributed by atoms with Crippen molar-refractivity contribution in [2.24, 2.45) is 11.1 Å². The smallest absolute Gasteiger partial charge is 0.311 e. The number of hydrogen-bond acceptors (Lipinski definition) is 3. The quantitative estimate of drug-likeness (QED) is 0.818. The molecule has 0 spiro atoms. The van der Waals surface area contributed by atoms with Gasteiger partial charge in [0.1, 0.15) is 0 Å². The van der Waals surface area contributed by atoms with Crippen LogP contribution in [-0.2, 0) is 11.2 Å². The number of aromatic nitrogens is 2. The Kier molecular flexibility index (Phi) is 4.75. The molecule has 112 valence electrons. The van der Waals surface area contributed by atoms with Crippen LogP contribution >= 0.6 is 0 Å². The van der Waals surface area contributed by atoms with Crippen LogP contribution in [0.15, 0.2) is 42.7 Å².